The highest BCUT2D eigenvalue weighted by molar-refractivity contribution is 7.04. The lowest BCUT2D eigenvalue weighted by molar-refractivity contribution is 0.756. The van der Waals surface area contributed by atoms with Crippen molar-refractivity contribution in [1.82, 2.24) is 34.1 Å². The first-order chi connectivity index (χ1) is 15.0. The second-order valence-electron chi connectivity index (χ2n) is 7.38. The average Bonchev–Trinajstić information content (AvgIpc) is 3.43. The van der Waals surface area contributed by atoms with Crippen LogP contribution in [-0.2, 0) is 7.05 Å². The largest absolute Gasteiger partial charge is 0.357 e. The number of aromatic amines is 1. The SMILES string of the molecule is Cc1cnc(Nc2cn(C)nc2C)nc1-c1c[nH]c2c(Nc3csnc3C)nccc12. The summed E-state index contributed by atoms with van der Waals surface area (Å²) in [5.74, 6) is 1.28. The molecule has 0 aliphatic rings. The number of fused-ring (bicyclic) bond motifs is 1. The molecule has 0 bridgehead atoms. The summed E-state index contributed by atoms with van der Waals surface area (Å²) in [5, 5.41) is 14.0. The number of hydrogen-bond acceptors (Lipinski definition) is 8. The molecule has 0 atom stereocenters. The van der Waals surface area contributed by atoms with E-state index in [0.29, 0.717) is 5.95 Å². The highest BCUT2D eigenvalue weighted by atomic mass is 32.1. The van der Waals surface area contributed by atoms with Gasteiger partial charge in [-0.25, -0.2) is 15.0 Å². The maximum Gasteiger partial charge on any atom is 0.227 e. The first kappa shape index (κ1) is 19.2. The number of anilines is 4. The second-order valence-corrected chi connectivity index (χ2v) is 8.00. The van der Waals surface area contributed by atoms with Gasteiger partial charge in [0.15, 0.2) is 5.82 Å². The zero-order chi connectivity index (χ0) is 21.5. The van der Waals surface area contributed by atoms with Crippen LogP contribution < -0.4 is 10.6 Å². The minimum absolute atomic E-state index is 0.526. The third-order valence-electron chi connectivity index (χ3n) is 5.09. The maximum atomic E-state index is 4.80. The van der Waals surface area contributed by atoms with E-state index in [4.69, 9.17) is 4.98 Å². The zero-order valence-corrected chi connectivity index (χ0v) is 18.4. The van der Waals surface area contributed by atoms with Crippen LogP contribution in [0.1, 0.15) is 17.0 Å². The van der Waals surface area contributed by atoms with Gasteiger partial charge in [-0.2, -0.15) is 9.47 Å². The normalized spacial score (nSPS) is 11.2. The third kappa shape index (κ3) is 3.50. The molecule has 0 spiro atoms. The van der Waals surface area contributed by atoms with Gasteiger partial charge in [0.2, 0.25) is 5.95 Å². The van der Waals surface area contributed by atoms with Gasteiger partial charge in [0.05, 0.1) is 34.0 Å². The highest BCUT2D eigenvalue weighted by Gasteiger charge is 2.16. The molecule has 5 rings (SSSR count). The molecule has 0 aromatic carbocycles. The van der Waals surface area contributed by atoms with Gasteiger partial charge in [0.1, 0.15) is 0 Å². The lowest BCUT2D eigenvalue weighted by Crippen LogP contribution is -2.00. The van der Waals surface area contributed by atoms with Crippen molar-refractivity contribution in [2.24, 2.45) is 7.05 Å². The van der Waals surface area contributed by atoms with Crippen LogP contribution in [0.3, 0.4) is 0 Å². The Kier molecular flexibility index (Phi) is 4.63. The fourth-order valence-corrected chi connectivity index (χ4v) is 4.15. The highest BCUT2D eigenvalue weighted by Crippen LogP contribution is 2.34. The van der Waals surface area contributed by atoms with E-state index in [1.54, 1.807) is 10.9 Å². The lowest BCUT2D eigenvalue weighted by Gasteiger charge is -2.09. The molecule has 5 aromatic rings. The van der Waals surface area contributed by atoms with E-state index in [9.17, 15) is 0 Å². The van der Waals surface area contributed by atoms with Crippen molar-refractivity contribution >= 4 is 45.6 Å². The van der Waals surface area contributed by atoms with Crippen molar-refractivity contribution < 1.29 is 0 Å². The van der Waals surface area contributed by atoms with Crippen LogP contribution in [0.25, 0.3) is 22.2 Å². The standard InChI is InChI=1S/C21H21N9S/c1-11-7-24-21(26-16-9-30(4)28-12(16)2)27-18(11)15-8-23-19-14(15)5-6-22-20(19)25-17-10-31-29-13(17)3/h5-10,23H,1-4H3,(H,22,25)(H,24,26,27). The Morgan fingerprint density at radius 2 is 1.94 bits per heavy atom. The maximum absolute atomic E-state index is 4.80. The molecule has 156 valence electrons. The Morgan fingerprint density at radius 3 is 2.68 bits per heavy atom. The fraction of sp³-hybridized carbons (Fsp3) is 0.190. The Bertz CT molecular complexity index is 1400. The molecule has 0 unspecified atom stereocenters. The van der Waals surface area contributed by atoms with E-state index in [2.05, 4.69) is 35.1 Å². The summed E-state index contributed by atoms with van der Waals surface area (Å²) in [6, 6.07) is 1.99. The quantitative estimate of drug-likeness (QED) is 0.372. The molecule has 3 N–H and O–H groups in total. The van der Waals surface area contributed by atoms with Gasteiger partial charge >= 0.3 is 0 Å². The summed E-state index contributed by atoms with van der Waals surface area (Å²) >= 11 is 1.42. The zero-order valence-electron chi connectivity index (χ0n) is 17.6. The van der Waals surface area contributed by atoms with Crippen LogP contribution in [0.5, 0.6) is 0 Å². The molecule has 31 heavy (non-hydrogen) atoms. The van der Waals surface area contributed by atoms with Crippen LogP contribution in [0, 0.1) is 20.8 Å². The van der Waals surface area contributed by atoms with Crippen molar-refractivity contribution in [1.29, 1.82) is 0 Å². The van der Waals surface area contributed by atoms with Crippen LogP contribution in [0.4, 0.5) is 23.1 Å². The topological polar surface area (TPSA) is 109 Å². The number of aromatic nitrogens is 7. The second kappa shape index (κ2) is 7.47. The number of nitrogens with zero attached hydrogens (tertiary/aromatic N) is 6. The van der Waals surface area contributed by atoms with Crippen LogP contribution in [0.2, 0.25) is 0 Å². The van der Waals surface area contributed by atoms with E-state index >= 15 is 0 Å². The number of hydrogen-bond donors (Lipinski definition) is 3. The molecular weight excluding hydrogens is 410 g/mol. The molecule has 0 amide bonds. The number of nitrogens with one attached hydrogen (secondary N) is 3. The lowest BCUT2D eigenvalue weighted by atomic mass is 10.1. The van der Waals surface area contributed by atoms with E-state index in [1.165, 1.54) is 11.5 Å². The Balaban J connectivity index is 1.54. The molecule has 5 heterocycles. The average molecular weight is 432 g/mol. The summed E-state index contributed by atoms with van der Waals surface area (Å²) in [7, 11) is 1.89. The predicted octanol–water partition coefficient (Wildman–Crippen LogP) is 4.62. The van der Waals surface area contributed by atoms with E-state index in [1.807, 2.05) is 57.9 Å². The minimum atomic E-state index is 0.526. The minimum Gasteiger partial charge on any atom is -0.357 e. The smallest absolute Gasteiger partial charge is 0.227 e. The van der Waals surface area contributed by atoms with Gasteiger partial charge in [-0.15, -0.1) is 0 Å². The number of pyridine rings is 1. The summed E-state index contributed by atoms with van der Waals surface area (Å²) < 4.78 is 6.08. The van der Waals surface area contributed by atoms with Crippen LogP contribution in [-0.4, -0.2) is 34.1 Å². The molecule has 0 radical (unpaired) electrons. The van der Waals surface area contributed by atoms with E-state index in [0.717, 1.165) is 56.3 Å². The Hall–Kier alpha value is -3.79. The summed E-state index contributed by atoms with van der Waals surface area (Å²) in [6.07, 6.45) is 7.50. The first-order valence-corrected chi connectivity index (χ1v) is 10.6. The van der Waals surface area contributed by atoms with Gasteiger partial charge in [-0.1, -0.05) is 0 Å². The molecule has 5 aromatic heterocycles. The van der Waals surface area contributed by atoms with Gasteiger partial charge in [0.25, 0.3) is 0 Å². The summed E-state index contributed by atoms with van der Waals surface area (Å²) in [5.41, 5.74) is 7.42. The molecule has 9 nitrogen and oxygen atoms in total. The fourth-order valence-electron chi connectivity index (χ4n) is 3.50. The van der Waals surface area contributed by atoms with Crippen molar-refractivity contribution in [3.05, 3.63) is 53.2 Å². The molecule has 0 saturated heterocycles. The van der Waals surface area contributed by atoms with Crippen LogP contribution >= 0.6 is 11.5 Å². The predicted molar refractivity (Wildman–Crippen MR) is 123 cm³/mol. The van der Waals surface area contributed by atoms with Crippen molar-refractivity contribution in [2.45, 2.75) is 20.8 Å². The molecule has 0 saturated carbocycles. The third-order valence-corrected chi connectivity index (χ3v) is 5.81. The van der Waals surface area contributed by atoms with E-state index in [-0.39, 0.29) is 0 Å². The molecule has 0 aliphatic carbocycles. The Morgan fingerprint density at radius 1 is 1.06 bits per heavy atom. The number of aryl methyl sites for hydroxylation is 4. The van der Waals surface area contributed by atoms with E-state index < -0.39 is 0 Å². The molecule has 0 aliphatic heterocycles. The number of rotatable bonds is 5. The molecular formula is C21H21N9S. The Labute approximate surface area is 182 Å². The van der Waals surface area contributed by atoms with Gasteiger partial charge in [-0.05, 0) is 43.9 Å². The monoisotopic (exact) mass is 431 g/mol. The summed E-state index contributed by atoms with van der Waals surface area (Å²) in [6.45, 7) is 5.93. The van der Waals surface area contributed by atoms with Crippen molar-refractivity contribution in [3.8, 4) is 11.3 Å². The number of H-pyrrole nitrogens is 1. The van der Waals surface area contributed by atoms with Crippen LogP contribution in [0.15, 0.2) is 36.2 Å². The van der Waals surface area contributed by atoms with Crippen molar-refractivity contribution in [3.63, 3.8) is 0 Å². The van der Waals surface area contributed by atoms with Crippen molar-refractivity contribution in [2.75, 3.05) is 10.6 Å². The first-order valence-electron chi connectivity index (χ1n) is 9.75. The van der Waals surface area contributed by atoms with Gasteiger partial charge in [0, 0.05) is 48.2 Å². The van der Waals surface area contributed by atoms with Gasteiger partial charge < -0.3 is 15.6 Å². The molecule has 0 fully saturated rings. The molecule has 10 heteroatoms. The summed E-state index contributed by atoms with van der Waals surface area (Å²) in [4.78, 5) is 17.1. The van der Waals surface area contributed by atoms with Gasteiger partial charge in [-0.3, -0.25) is 4.68 Å².